The Kier molecular flexibility index (Phi) is 5.29. The minimum atomic E-state index is -1.12. The molecule has 1 saturated carbocycles. The Morgan fingerprint density at radius 1 is 1.25 bits per heavy atom. The SMILES string of the molecule is CC(C)(C)OC(=O)N1CCC(CCC2([C@H]3C[C@@H]3C(=O)O)NC(=O)NC2=O)CC1. The molecule has 2 saturated heterocycles. The van der Waals surface area contributed by atoms with Crippen LogP contribution in [-0.4, -0.2) is 58.2 Å². The van der Waals surface area contributed by atoms with Crippen LogP contribution in [0.5, 0.6) is 0 Å². The fourth-order valence-corrected chi connectivity index (χ4v) is 4.30. The van der Waals surface area contributed by atoms with Crippen LogP contribution in [0.1, 0.15) is 52.9 Å². The number of rotatable bonds is 5. The van der Waals surface area contributed by atoms with Gasteiger partial charge in [-0.25, -0.2) is 9.59 Å². The van der Waals surface area contributed by atoms with Crippen molar-refractivity contribution < 1.29 is 29.0 Å². The van der Waals surface area contributed by atoms with Gasteiger partial charge in [0, 0.05) is 19.0 Å². The number of imide groups is 1. The van der Waals surface area contributed by atoms with Gasteiger partial charge in [0.05, 0.1) is 5.92 Å². The molecule has 4 amide bonds. The van der Waals surface area contributed by atoms with Crippen LogP contribution in [0.4, 0.5) is 9.59 Å². The molecule has 1 aliphatic carbocycles. The first-order chi connectivity index (χ1) is 13.0. The molecule has 0 bridgehead atoms. The van der Waals surface area contributed by atoms with Crippen molar-refractivity contribution in [2.24, 2.45) is 17.8 Å². The van der Waals surface area contributed by atoms with Crippen molar-refractivity contribution in [1.29, 1.82) is 0 Å². The van der Waals surface area contributed by atoms with Gasteiger partial charge in [-0.1, -0.05) is 0 Å². The van der Waals surface area contributed by atoms with E-state index in [1.165, 1.54) is 0 Å². The lowest BCUT2D eigenvalue weighted by Gasteiger charge is -2.35. The second-order valence-electron chi connectivity index (χ2n) is 9.12. The zero-order chi connectivity index (χ0) is 20.7. The number of ether oxygens (including phenoxy) is 1. The van der Waals surface area contributed by atoms with Gasteiger partial charge >= 0.3 is 18.1 Å². The molecule has 3 rings (SSSR count). The van der Waals surface area contributed by atoms with Gasteiger partial charge in [0.15, 0.2) is 0 Å². The second kappa shape index (κ2) is 7.25. The van der Waals surface area contributed by atoms with Crippen LogP contribution in [0.3, 0.4) is 0 Å². The normalized spacial score (nSPS) is 30.6. The average molecular weight is 395 g/mol. The van der Waals surface area contributed by atoms with Crippen LogP contribution < -0.4 is 10.6 Å². The van der Waals surface area contributed by atoms with Gasteiger partial charge in [-0.05, 0) is 58.8 Å². The van der Waals surface area contributed by atoms with Crippen LogP contribution >= 0.6 is 0 Å². The van der Waals surface area contributed by atoms with Crippen LogP contribution in [0, 0.1) is 17.8 Å². The van der Waals surface area contributed by atoms with E-state index in [-0.39, 0.29) is 12.0 Å². The molecule has 3 atom stereocenters. The highest BCUT2D eigenvalue weighted by Crippen LogP contribution is 2.50. The molecule has 9 nitrogen and oxygen atoms in total. The average Bonchev–Trinajstić information content (AvgIpc) is 3.33. The lowest BCUT2D eigenvalue weighted by molar-refractivity contribution is -0.139. The molecule has 9 heteroatoms. The Morgan fingerprint density at radius 2 is 1.89 bits per heavy atom. The lowest BCUT2D eigenvalue weighted by Crippen LogP contribution is -2.50. The van der Waals surface area contributed by atoms with E-state index in [0.29, 0.717) is 38.3 Å². The zero-order valence-corrected chi connectivity index (χ0v) is 16.6. The number of hydrogen-bond donors (Lipinski definition) is 3. The number of urea groups is 1. The number of nitrogens with one attached hydrogen (secondary N) is 2. The summed E-state index contributed by atoms with van der Waals surface area (Å²) in [7, 11) is 0. The van der Waals surface area contributed by atoms with Gasteiger partial charge in [0.1, 0.15) is 11.1 Å². The molecule has 3 N–H and O–H groups in total. The number of likely N-dealkylation sites (tertiary alicyclic amines) is 1. The van der Waals surface area contributed by atoms with Crippen molar-refractivity contribution in [2.45, 2.75) is 64.0 Å². The van der Waals surface area contributed by atoms with Crippen molar-refractivity contribution >= 4 is 24.0 Å². The number of nitrogens with zero attached hydrogens (tertiary/aromatic N) is 1. The van der Waals surface area contributed by atoms with E-state index in [2.05, 4.69) is 10.6 Å². The topological polar surface area (TPSA) is 125 Å². The minimum Gasteiger partial charge on any atom is -0.481 e. The second-order valence-corrected chi connectivity index (χ2v) is 9.12. The van der Waals surface area contributed by atoms with Gasteiger partial charge in [-0.3, -0.25) is 14.9 Å². The van der Waals surface area contributed by atoms with E-state index in [0.717, 1.165) is 12.8 Å². The van der Waals surface area contributed by atoms with Gasteiger partial charge in [0.25, 0.3) is 5.91 Å². The molecule has 1 unspecified atom stereocenters. The van der Waals surface area contributed by atoms with Gasteiger partial charge < -0.3 is 20.1 Å². The number of carbonyl (C=O) groups is 4. The summed E-state index contributed by atoms with van der Waals surface area (Å²) in [6.45, 7) is 6.68. The van der Waals surface area contributed by atoms with Crippen LogP contribution in [-0.2, 0) is 14.3 Å². The molecule has 0 aromatic heterocycles. The quantitative estimate of drug-likeness (QED) is 0.609. The molecular weight excluding hydrogens is 366 g/mol. The van der Waals surface area contributed by atoms with Crippen LogP contribution in [0.25, 0.3) is 0 Å². The first-order valence-corrected chi connectivity index (χ1v) is 9.86. The largest absolute Gasteiger partial charge is 0.481 e. The third kappa shape index (κ3) is 4.23. The summed E-state index contributed by atoms with van der Waals surface area (Å²) in [5.74, 6) is -1.99. The van der Waals surface area contributed by atoms with E-state index in [4.69, 9.17) is 4.74 Å². The molecule has 0 spiro atoms. The third-order valence-corrected chi connectivity index (χ3v) is 5.92. The molecule has 3 fully saturated rings. The van der Waals surface area contributed by atoms with E-state index in [1.54, 1.807) is 4.90 Å². The van der Waals surface area contributed by atoms with Crippen LogP contribution in [0.2, 0.25) is 0 Å². The summed E-state index contributed by atoms with van der Waals surface area (Å²) in [6, 6.07) is -0.555. The highest BCUT2D eigenvalue weighted by atomic mass is 16.6. The Bertz CT molecular complexity index is 680. The summed E-state index contributed by atoms with van der Waals surface area (Å²) in [5.41, 5.74) is -1.65. The molecule has 28 heavy (non-hydrogen) atoms. The molecule has 156 valence electrons. The third-order valence-electron chi connectivity index (χ3n) is 5.92. The van der Waals surface area contributed by atoms with Gasteiger partial charge in [-0.2, -0.15) is 0 Å². The van der Waals surface area contributed by atoms with Crippen molar-refractivity contribution in [3.8, 4) is 0 Å². The fourth-order valence-electron chi connectivity index (χ4n) is 4.30. The molecule has 3 aliphatic rings. The number of piperidine rings is 1. The van der Waals surface area contributed by atoms with Crippen LogP contribution in [0.15, 0.2) is 0 Å². The monoisotopic (exact) mass is 395 g/mol. The summed E-state index contributed by atoms with van der Waals surface area (Å²) in [5, 5.41) is 14.2. The molecular formula is C19H29N3O6. The van der Waals surface area contributed by atoms with E-state index in [1.807, 2.05) is 20.8 Å². The highest BCUT2D eigenvalue weighted by molar-refractivity contribution is 6.07. The van der Waals surface area contributed by atoms with E-state index >= 15 is 0 Å². The Morgan fingerprint density at radius 3 is 2.36 bits per heavy atom. The number of amides is 4. The zero-order valence-electron chi connectivity index (χ0n) is 16.6. The number of carboxylic acids is 1. The molecule has 0 radical (unpaired) electrons. The Hall–Kier alpha value is -2.32. The van der Waals surface area contributed by atoms with Crippen molar-refractivity contribution in [1.82, 2.24) is 15.5 Å². The number of aliphatic carboxylic acids is 1. The summed E-state index contributed by atoms with van der Waals surface area (Å²) in [6.07, 6.45) is 2.78. The van der Waals surface area contributed by atoms with Gasteiger partial charge in [-0.15, -0.1) is 0 Å². The number of hydrogen-bond acceptors (Lipinski definition) is 5. The maximum absolute atomic E-state index is 12.4. The summed E-state index contributed by atoms with van der Waals surface area (Å²) >= 11 is 0. The predicted molar refractivity (Wildman–Crippen MR) is 98.4 cm³/mol. The first kappa shape index (κ1) is 20.4. The molecule has 2 heterocycles. The molecule has 2 aliphatic heterocycles. The summed E-state index contributed by atoms with van der Waals surface area (Å²) in [4.78, 5) is 49.3. The number of carboxylic acid groups (broad SMARTS) is 1. The lowest BCUT2D eigenvalue weighted by atomic mass is 9.81. The van der Waals surface area contributed by atoms with E-state index < -0.39 is 35.0 Å². The Labute approximate surface area is 164 Å². The maximum atomic E-state index is 12.4. The summed E-state index contributed by atoms with van der Waals surface area (Å²) < 4.78 is 5.40. The molecule has 0 aromatic carbocycles. The first-order valence-electron chi connectivity index (χ1n) is 9.86. The smallest absolute Gasteiger partial charge is 0.410 e. The molecule has 0 aromatic rings. The number of carbonyl (C=O) groups excluding carboxylic acids is 3. The predicted octanol–water partition coefficient (Wildman–Crippen LogP) is 1.71. The van der Waals surface area contributed by atoms with Crippen molar-refractivity contribution in [3.63, 3.8) is 0 Å². The minimum absolute atomic E-state index is 0.308. The highest BCUT2D eigenvalue weighted by Gasteiger charge is 2.62. The van der Waals surface area contributed by atoms with Crippen molar-refractivity contribution in [2.75, 3.05) is 13.1 Å². The van der Waals surface area contributed by atoms with E-state index in [9.17, 15) is 24.3 Å². The van der Waals surface area contributed by atoms with Gasteiger partial charge in [0.2, 0.25) is 0 Å². The van der Waals surface area contributed by atoms with Crippen molar-refractivity contribution in [3.05, 3.63) is 0 Å². The maximum Gasteiger partial charge on any atom is 0.410 e. The Balaban J connectivity index is 1.55. The fraction of sp³-hybridized carbons (Fsp3) is 0.789. The standard InChI is InChI=1S/C19H29N3O6/c1-18(2,3)28-17(27)22-8-5-11(6-9-22)4-7-19(13-10-12(13)14(23)24)15(25)20-16(26)21-19/h11-13H,4-10H2,1-3H3,(H,23,24)(H2,20,21,25,26)/t12-,13-,19?/m0/s1.